The van der Waals surface area contributed by atoms with Gasteiger partial charge in [-0.3, -0.25) is 4.98 Å². The first kappa shape index (κ1) is 13.9. The van der Waals surface area contributed by atoms with Gasteiger partial charge in [-0.2, -0.15) is 0 Å². The Hall–Kier alpha value is -2.01. The number of halogens is 2. The van der Waals surface area contributed by atoms with Crippen LogP contribution in [0.5, 0.6) is 0 Å². The van der Waals surface area contributed by atoms with Crippen LogP contribution in [0.3, 0.4) is 0 Å². The molecule has 1 saturated heterocycles. The third-order valence-electron chi connectivity index (χ3n) is 3.83. The van der Waals surface area contributed by atoms with Gasteiger partial charge in [0.1, 0.15) is 12.0 Å². The summed E-state index contributed by atoms with van der Waals surface area (Å²) in [5.41, 5.74) is 7.71. The van der Waals surface area contributed by atoms with Gasteiger partial charge in [0, 0.05) is 18.7 Å². The van der Waals surface area contributed by atoms with Crippen molar-refractivity contribution in [1.82, 2.24) is 4.98 Å². The molecule has 1 fully saturated rings. The van der Waals surface area contributed by atoms with Gasteiger partial charge in [0.2, 0.25) is 0 Å². The summed E-state index contributed by atoms with van der Waals surface area (Å²) in [7, 11) is 0. The Morgan fingerprint density at radius 1 is 1.19 bits per heavy atom. The lowest BCUT2D eigenvalue weighted by molar-refractivity contribution is 0.244. The Morgan fingerprint density at radius 2 is 2.00 bits per heavy atom. The van der Waals surface area contributed by atoms with Crippen molar-refractivity contribution >= 4 is 5.69 Å². The Bertz CT molecular complexity index is 615. The molecule has 3 nitrogen and oxygen atoms in total. The molecule has 3 rings (SSSR count). The van der Waals surface area contributed by atoms with Crippen LogP contribution in [0, 0.1) is 5.82 Å². The van der Waals surface area contributed by atoms with Crippen LogP contribution in [0.15, 0.2) is 42.6 Å². The number of piperidine rings is 1. The number of nitrogens with zero attached hydrogens (tertiary/aromatic N) is 2. The molecule has 2 atom stereocenters. The number of pyridine rings is 1. The minimum absolute atomic E-state index is 0.294. The van der Waals surface area contributed by atoms with Gasteiger partial charge in [-0.25, -0.2) is 8.78 Å². The highest BCUT2D eigenvalue weighted by molar-refractivity contribution is 5.62. The Morgan fingerprint density at radius 3 is 2.67 bits per heavy atom. The number of benzene rings is 1. The normalized spacial score (nSPS) is 22.3. The molecule has 0 radical (unpaired) electrons. The van der Waals surface area contributed by atoms with E-state index in [2.05, 4.69) is 4.98 Å². The first-order valence-corrected chi connectivity index (χ1v) is 7.00. The highest BCUT2D eigenvalue weighted by Crippen LogP contribution is 2.24. The first-order valence-electron chi connectivity index (χ1n) is 7.00. The maximum Gasteiger partial charge on any atom is 0.132 e. The van der Waals surface area contributed by atoms with Gasteiger partial charge in [-0.15, -0.1) is 0 Å². The van der Waals surface area contributed by atoms with Gasteiger partial charge >= 0.3 is 0 Å². The SMILES string of the molecule is N[C@H]1CN(c2ccc(-c3ccccc3F)nc2)CC[C@H]1F. The highest BCUT2D eigenvalue weighted by atomic mass is 19.1. The van der Waals surface area contributed by atoms with Crippen molar-refractivity contribution in [2.24, 2.45) is 5.73 Å². The molecule has 2 aromatic rings. The van der Waals surface area contributed by atoms with Crippen molar-refractivity contribution in [3.63, 3.8) is 0 Å². The van der Waals surface area contributed by atoms with Crippen LogP contribution in [0.2, 0.25) is 0 Å². The number of hydrogen-bond acceptors (Lipinski definition) is 3. The summed E-state index contributed by atoms with van der Waals surface area (Å²) in [4.78, 5) is 6.33. The predicted molar refractivity (Wildman–Crippen MR) is 79.3 cm³/mol. The van der Waals surface area contributed by atoms with E-state index in [-0.39, 0.29) is 5.82 Å². The maximum absolute atomic E-state index is 13.7. The van der Waals surface area contributed by atoms with E-state index in [0.717, 1.165) is 5.69 Å². The summed E-state index contributed by atoms with van der Waals surface area (Å²) in [5, 5.41) is 0. The topological polar surface area (TPSA) is 42.1 Å². The van der Waals surface area contributed by atoms with Crippen molar-refractivity contribution in [1.29, 1.82) is 0 Å². The molecule has 1 aliphatic rings. The van der Waals surface area contributed by atoms with Crippen LogP contribution < -0.4 is 10.6 Å². The van der Waals surface area contributed by atoms with E-state index in [4.69, 9.17) is 5.73 Å². The van der Waals surface area contributed by atoms with Gasteiger partial charge in [0.25, 0.3) is 0 Å². The second-order valence-electron chi connectivity index (χ2n) is 5.30. The fourth-order valence-electron chi connectivity index (χ4n) is 2.59. The molecule has 0 amide bonds. The van der Waals surface area contributed by atoms with Gasteiger partial charge in [-0.05, 0) is 30.7 Å². The van der Waals surface area contributed by atoms with E-state index >= 15 is 0 Å². The van der Waals surface area contributed by atoms with Crippen molar-refractivity contribution < 1.29 is 8.78 Å². The highest BCUT2D eigenvalue weighted by Gasteiger charge is 2.26. The Labute approximate surface area is 122 Å². The summed E-state index contributed by atoms with van der Waals surface area (Å²) in [5.74, 6) is -0.294. The smallest absolute Gasteiger partial charge is 0.132 e. The molecule has 0 bridgehead atoms. The van der Waals surface area contributed by atoms with E-state index in [1.54, 1.807) is 30.5 Å². The zero-order chi connectivity index (χ0) is 14.8. The summed E-state index contributed by atoms with van der Waals surface area (Å²) < 4.78 is 27.1. The van der Waals surface area contributed by atoms with Crippen LogP contribution in [-0.2, 0) is 0 Å². The number of alkyl halides is 1. The van der Waals surface area contributed by atoms with Crippen molar-refractivity contribution in [2.45, 2.75) is 18.6 Å². The standard InChI is InChI=1S/C16H17F2N3/c17-13-4-2-1-3-12(13)16-6-5-11(9-20-16)21-8-7-14(18)15(19)10-21/h1-6,9,14-15H,7-8,10,19H2/t14-,15+/m1/s1. The quantitative estimate of drug-likeness (QED) is 0.924. The summed E-state index contributed by atoms with van der Waals surface area (Å²) in [6.45, 7) is 1.09. The summed E-state index contributed by atoms with van der Waals surface area (Å²) in [6, 6.07) is 9.72. The molecule has 2 heterocycles. The monoisotopic (exact) mass is 289 g/mol. The number of hydrogen-bond donors (Lipinski definition) is 1. The summed E-state index contributed by atoms with van der Waals surface area (Å²) in [6.07, 6.45) is 1.18. The second-order valence-corrected chi connectivity index (χ2v) is 5.30. The molecule has 21 heavy (non-hydrogen) atoms. The zero-order valence-electron chi connectivity index (χ0n) is 11.5. The molecule has 0 aliphatic carbocycles. The van der Waals surface area contributed by atoms with Crippen LogP contribution in [0.1, 0.15) is 6.42 Å². The average Bonchev–Trinajstić information content (AvgIpc) is 2.51. The number of anilines is 1. The lowest BCUT2D eigenvalue weighted by Gasteiger charge is -2.34. The molecule has 1 aliphatic heterocycles. The third kappa shape index (κ3) is 2.88. The van der Waals surface area contributed by atoms with Crippen LogP contribution in [0.4, 0.5) is 14.5 Å². The van der Waals surface area contributed by atoms with Crippen molar-refractivity contribution in [3.05, 3.63) is 48.4 Å². The minimum atomic E-state index is -0.938. The Kier molecular flexibility index (Phi) is 3.84. The molecule has 110 valence electrons. The molecular formula is C16H17F2N3. The molecule has 2 N–H and O–H groups in total. The molecule has 0 saturated carbocycles. The lowest BCUT2D eigenvalue weighted by atomic mass is 10.0. The Balaban J connectivity index is 1.80. The third-order valence-corrected chi connectivity index (χ3v) is 3.83. The molecule has 5 heteroatoms. The summed E-state index contributed by atoms with van der Waals surface area (Å²) >= 11 is 0. The van der Waals surface area contributed by atoms with Crippen molar-refractivity contribution in [3.8, 4) is 11.3 Å². The fraction of sp³-hybridized carbons (Fsp3) is 0.312. The number of aromatic nitrogens is 1. The average molecular weight is 289 g/mol. The van der Waals surface area contributed by atoms with E-state index in [9.17, 15) is 8.78 Å². The minimum Gasteiger partial charge on any atom is -0.369 e. The van der Waals surface area contributed by atoms with Gasteiger partial charge in [0.05, 0.1) is 23.6 Å². The second kappa shape index (κ2) is 5.77. The van der Waals surface area contributed by atoms with Gasteiger partial charge in [-0.1, -0.05) is 12.1 Å². The number of nitrogens with two attached hydrogens (primary N) is 1. The number of rotatable bonds is 2. The fourth-order valence-corrected chi connectivity index (χ4v) is 2.59. The van der Waals surface area contributed by atoms with E-state index in [0.29, 0.717) is 30.8 Å². The van der Waals surface area contributed by atoms with Gasteiger partial charge < -0.3 is 10.6 Å². The molecule has 0 spiro atoms. The molecular weight excluding hydrogens is 272 g/mol. The molecule has 1 aromatic carbocycles. The van der Waals surface area contributed by atoms with Crippen LogP contribution in [0.25, 0.3) is 11.3 Å². The predicted octanol–water partition coefficient (Wildman–Crippen LogP) is 2.76. The van der Waals surface area contributed by atoms with E-state index < -0.39 is 12.2 Å². The molecule has 1 aromatic heterocycles. The van der Waals surface area contributed by atoms with E-state index in [1.807, 2.05) is 11.0 Å². The van der Waals surface area contributed by atoms with Crippen LogP contribution in [-0.4, -0.2) is 30.3 Å². The zero-order valence-corrected chi connectivity index (χ0v) is 11.5. The van der Waals surface area contributed by atoms with Crippen molar-refractivity contribution in [2.75, 3.05) is 18.0 Å². The van der Waals surface area contributed by atoms with Gasteiger partial charge in [0.15, 0.2) is 0 Å². The lowest BCUT2D eigenvalue weighted by Crippen LogP contribution is -2.49. The van der Waals surface area contributed by atoms with E-state index in [1.165, 1.54) is 6.07 Å². The van der Waals surface area contributed by atoms with Crippen LogP contribution >= 0.6 is 0 Å². The largest absolute Gasteiger partial charge is 0.369 e. The first-order chi connectivity index (χ1) is 10.1. The molecule has 0 unspecified atom stereocenters. The maximum atomic E-state index is 13.7.